The smallest absolute Gasteiger partial charge is 0.0895 e. The van der Waals surface area contributed by atoms with E-state index in [0.717, 1.165) is 17.8 Å². The van der Waals surface area contributed by atoms with Crippen molar-refractivity contribution in [3.05, 3.63) is 12.2 Å². The molecule has 1 heteroatoms. The van der Waals surface area contributed by atoms with Gasteiger partial charge in [0.25, 0.3) is 0 Å². The standard InChI is InChI=1S/C11H16O/c1-12-11-6-5-8(7-11)9-3-2-4-10(9)11/h5-6,8-10H,2-4,7H2,1H3. The van der Waals surface area contributed by atoms with Gasteiger partial charge in [-0.2, -0.15) is 0 Å². The monoisotopic (exact) mass is 164 g/mol. The van der Waals surface area contributed by atoms with Gasteiger partial charge in [-0.15, -0.1) is 0 Å². The first-order valence-corrected chi connectivity index (χ1v) is 5.10. The van der Waals surface area contributed by atoms with Crippen LogP contribution in [0.2, 0.25) is 0 Å². The maximum absolute atomic E-state index is 5.72. The lowest BCUT2D eigenvalue weighted by Gasteiger charge is -2.31. The topological polar surface area (TPSA) is 9.23 Å². The third kappa shape index (κ3) is 0.646. The van der Waals surface area contributed by atoms with Crippen molar-refractivity contribution in [3.63, 3.8) is 0 Å². The van der Waals surface area contributed by atoms with E-state index in [2.05, 4.69) is 12.2 Å². The minimum Gasteiger partial charge on any atom is -0.374 e. The lowest BCUT2D eigenvalue weighted by atomic mass is 9.83. The van der Waals surface area contributed by atoms with E-state index in [0.29, 0.717) is 0 Å². The molecular weight excluding hydrogens is 148 g/mol. The van der Waals surface area contributed by atoms with Gasteiger partial charge in [0.1, 0.15) is 0 Å². The first-order valence-electron chi connectivity index (χ1n) is 5.10. The molecule has 0 saturated heterocycles. The number of fused-ring (bicyclic) bond motifs is 5. The Hall–Kier alpha value is -0.300. The van der Waals surface area contributed by atoms with Crippen molar-refractivity contribution in [2.24, 2.45) is 17.8 Å². The zero-order chi connectivity index (χ0) is 8.18. The van der Waals surface area contributed by atoms with Crippen molar-refractivity contribution < 1.29 is 4.74 Å². The molecule has 0 aromatic heterocycles. The van der Waals surface area contributed by atoms with Crippen LogP contribution in [0.4, 0.5) is 0 Å². The van der Waals surface area contributed by atoms with Crippen molar-refractivity contribution in [2.45, 2.75) is 31.3 Å². The van der Waals surface area contributed by atoms with E-state index in [1.165, 1.54) is 25.7 Å². The molecule has 12 heavy (non-hydrogen) atoms. The summed E-state index contributed by atoms with van der Waals surface area (Å²) < 4.78 is 5.72. The number of ether oxygens (including phenoxy) is 1. The Balaban J connectivity index is 2.00. The van der Waals surface area contributed by atoms with E-state index in [1.807, 2.05) is 7.11 Å². The molecule has 4 unspecified atom stereocenters. The third-order valence-electron chi connectivity index (χ3n) is 4.31. The van der Waals surface area contributed by atoms with E-state index in [9.17, 15) is 0 Å². The van der Waals surface area contributed by atoms with Crippen LogP contribution < -0.4 is 0 Å². The Morgan fingerprint density at radius 3 is 3.17 bits per heavy atom. The van der Waals surface area contributed by atoms with Crippen LogP contribution in [-0.4, -0.2) is 12.7 Å². The molecule has 4 atom stereocenters. The highest BCUT2D eigenvalue weighted by atomic mass is 16.5. The third-order valence-corrected chi connectivity index (χ3v) is 4.31. The highest BCUT2D eigenvalue weighted by Gasteiger charge is 2.56. The van der Waals surface area contributed by atoms with Crippen molar-refractivity contribution >= 4 is 0 Å². The lowest BCUT2D eigenvalue weighted by Crippen LogP contribution is -2.33. The molecular formula is C11H16O. The normalized spacial score (nSPS) is 54.9. The van der Waals surface area contributed by atoms with Gasteiger partial charge in [0.2, 0.25) is 0 Å². The maximum Gasteiger partial charge on any atom is 0.0895 e. The molecule has 1 nitrogen and oxygen atoms in total. The van der Waals surface area contributed by atoms with Crippen LogP contribution in [0.25, 0.3) is 0 Å². The van der Waals surface area contributed by atoms with Crippen LogP contribution in [-0.2, 0) is 4.74 Å². The van der Waals surface area contributed by atoms with E-state index in [1.54, 1.807) is 0 Å². The number of hydrogen-bond donors (Lipinski definition) is 0. The SMILES string of the molecule is COC12C=CC(C1)C1CCCC12. The fourth-order valence-electron chi connectivity index (χ4n) is 3.77. The lowest BCUT2D eigenvalue weighted by molar-refractivity contribution is -0.00170. The molecule has 3 aliphatic rings. The highest BCUT2D eigenvalue weighted by molar-refractivity contribution is 5.24. The molecule has 0 spiro atoms. The average molecular weight is 164 g/mol. The molecule has 2 saturated carbocycles. The maximum atomic E-state index is 5.72. The second-order valence-corrected chi connectivity index (χ2v) is 4.59. The van der Waals surface area contributed by atoms with Crippen molar-refractivity contribution in [1.29, 1.82) is 0 Å². The summed E-state index contributed by atoms with van der Waals surface area (Å²) in [6.45, 7) is 0. The fourth-order valence-corrected chi connectivity index (χ4v) is 3.77. The number of rotatable bonds is 1. The number of methoxy groups -OCH3 is 1. The second-order valence-electron chi connectivity index (χ2n) is 4.59. The van der Waals surface area contributed by atoms with Crippen LogP contribution >= 0.6 is 0 Å². The summed E-state index contributed by atoms with van der Waals surface area (Å²) in [5.41, 5.74) is 0.172. The minimum atomic E-state index is 0.172. The molecule has 0 aromatic rings. The largest absolute Gasteiger partial charge is 0.374 e. The number of allylic oxidation sites excluding steroid dienone is 1. The van der Waals surface area contributed by atoms with Crippen molar-refractivity contribution in [1.82, 2.24) is 0 Å². The zero-order valence-electron chi connectivity index (χ0n) is 7.62. The van der Waals surface area contributed by atoms with Gasteiger partial charge in [-0.05, 0) is 37.0 Å². The molecule has 0 radical (unpaired) electrons. The van der Waals surface area contributed by atoms with Gasteiger partial charge in [-0.3, -0.25) is 0 Å². The molecule has 0 aromatic carbocycles. The van der Waals surface area contributed by atoms with Gasteiger partial charge in [0.15, 0.2) is 0 Å². The van der Waals surface area contributed by atoms with Crippen molar-refractivity contribution in [2.75, 3.05) is 7.11 Å². The van der Waals surface area contributed by atoms with Crippen LogP contribution in [0, 0.1) is 17.8 Å². The summed E-state index contributed by atoms with van der Waals surface area (Å²) in [5, 5.41) is 0. The summed E-state index contributed by atoms with van der Waals surface area (Å²) in [7, 11) is 1.88. The van der Waals surface area contributed by atoms with Gasteiger partial charge in [0, 0.05) is 7.11 Å². The molecule has 2 bridgehead atoms. The minimum absolute atomic E-state index is 0.172. The summed E-state index contributed by atoms with van der Waals surface area (Å²) in [6, 6.07) is 0. The summed E-state index contributed by atoms with van der Waals surface area (Å²) in [4.78, 5) is 0. The molecule has 66 valence electrons. The highest BCUT2D eigenvalue weighted by Crippen LogP contribution is 2.58. The predicted molar refractivity (Wildman–Crippen MR) is 47.8 cm³/mol. The van der Waals surface area contributed by atoms with Gasteiger partial charge in [-0.1, -0.05) is 18.6 Å². The number of hydrogen-bond acceptors (Lipinski definition) is 1. The van der Waals surface area contributed by atoms with E-state index in [4.69, 9.17) is 4.74 Å². The Kier molecular flexibility index (Phi) is 1.27. The molecule has 2 fully saturated rings. The van der Waals surface area contributed by atoms with Crippen LogP contribution in [0.3, 0.4) is 0 Å². The Morgan fingerprint density at radius 1 is 1.42 bits per heavy atom. The van der Waals surface area contributed by atoms with Crippen LogP contribution in [0.5, 0.6) is 0 Å². The summed E-state index contributed by atoms with van der Waals surface area (Å²) in [5.74, 6) is 2.69. The molecule has 0 aliphatic heterocycles. The van der Waals surface area contributed by atoms with Gasteiger partial charge < -0.3 is 4.74 Å². The predicted octanol–water partition coefficient (Wildman–Crippen LogP) is 2.38. The van der Waals surface area contributed by atoms with Crippen LogP contribution in [0.15, 0.2) is 12.2 Å². The van der Waals surface area contributed by atoms with Gasteiger partial charge >= 0.3 is 0 Å². The fraction of sp³-hybridized carbons (Fsp3) is 0.818. The van der Waals surface area contributed by atoms with E-state index >= 15 is 0 Å². The van der Waals surface area contributed by atoms with Gasteiger partial charge in [0.05, 0.1) is 5.60 Å². The van der Waals surface area contributed by atoms with Crippen LogP contribution in [0.1, 0.15) is 25.7 Å². The Bertz CT molecular complexity index is 233. The Morgan fingerprint density at radius 2 is 2.33 bits per heavy atom. The zero-order valence-corrected chi connectivity index (χ0v) is 7.62. The summed E-state index contributed by atoms with van der Waals surface area (Å²) in [6.07, 6.45) is 10.3. The molecule has 3 aliphatic carbocycles. The molecule has 0 N–H and O–H groups in total. The van der Waals surface area contributed by atoms with E-state index in [-0.39, 0.29) is 5.60 Å². The Labute approximate surface area is 73.8 Å². The van der Waals surface area contributed by atoms with Crippen molar-refractivity contribution in [3.8, 4) is 0 Å². The summed E-state index contributed by atoms with van der Waals surface area (Å²) >= 11 is 0. The average Bonchev–Trinajstić information content (AvgIpc) is 2.76. The van der Waals surface area contributed by atoms with Gasteiger partial charge in [-0.25, -0.2) is 0 Å². The first-order chi connectivity index (χ1) is 5.86. The molecule has 3 rings (SSSR count). The second kappa shape index (κ2) is 2.14. The molecule has 0 heterocycles. The van der Waals surface area contributed by atoms with E-state index < -0.39 is 0 Å². The first kappa shape index (κ1) is 7.14. The molecule has 0 amide bonds. The quantitative estimate of drug-likeness (QED) is 0.541.